The Labute approximate surface area is 175 Å². The van der Waals surface area contributed by atoms with Gasteiger partial charge < -0.3 is 14.6 Å². The molecule has 10 heteroatoms. The molecule has 1 aromatic heterocycles. The molecule has 162 valence electrons. The van der Waals surface area contributed by atoms with Crippen LogP contribution in [0.2, 0.25) is 0 Å². The van der Waals surface area contributed by atoms with Gasteiger partial charge in [-0.05, 0) is 56.4 Å². The van der Waals surface area contributed by atoms with Gasteiger partial charge in [0, 0.05) is 24.7 Å². The second kappa shape index (κ2) is 7.35. The van der Waals surface area contributed by atoms with Crippen LogP contribution < -0.4 is 10.1 Å². The molecule has 3 atom stereocenters. The monoisotopic (exact) mass is 434 g/mol. The molecular formula is C20H26N4O5S. The number of fused-ring (bicyclic) bond motifs is 1. The lowest BCUT2D eigenvalue weighted by atomic mass is 9.80. The number of methoxy groups -OCH3 is 1. The second-order valence-corrected chi connectivity index (χ2v) is 10.3. The van der Waals surface area contributed by atoms with Crippen LogP contribution in [-0.2, 0) is 15.4 Å². The highest BCUT2D eigenvalue weighted by atomic mass is 32.2. The lowest BCUT2D eigenvalue weighted by molar-refractivity contribution is 0.0934. The highest BCUT2D eigenvalue weighted by molar-refractivity contribution is 7.88. The van der Waals surface area contributed by atoms with Crippen molar-refractivity contribution in [1.29, 1.82) is 0 Å². The van der Waals surface area contributed by atoms with Gasteiger partial charge in [0.25, 0.3) is 5.91 Å². The van der Waals surface area contributed by atoms with Crippen molar-refractivity contribution in [2.24, 2.45) is 5.92 Å². The first-order valence-electron chi connectivity index (χ1n) is 9.84. The van der Waals surface area contributed by atoms with Gasteiger partial charge in [0.1, 0.15) is 5.75 Å². The number of ether oxygens (including phenoxy) is 1. The number of amides is 1. The Balaban J connectivity index is 1.57. The summed E-state index contributed by atoms with van der Waals surface area (Å²) in [6.07, 6.45) is 2.41. The summed E-state index contributed by atoms with van der Waals surface area (Å²) in [4.78, 5) is 17.3. The summed E-state index contributed by atoms with van der Waals surface area (Å²) in [5.74, 6) is 1.50. The van der Waals surface area contributed by atoms with Crippen molar-refractivity contribution in [2.45, 2.75) is 38.1 Å². The number of rotatable bonds is 5. The number of benzene rings is 1. The van der Waals surface area contributed by atoms with Crippen molar-refractivity contribution in [2.75, 3.05) is 26.5 Å². The molecule has 4 rings (SSSR count). The van der Waals surface area contributed by atoms with Crippen molar-refractivity contribution in [3.8, 4) is 5.75 Å². The number of nitrogens with one attached hydrogen (secondary N) is 1. The smallest absolute Gasteiger partial charge is 0.251 e. The van der Waals surface area contributed by atoms with Crippen LogP contribution in [0.4, 0.5) is 0 Å². The topological polar surface area (TPSA) is 115 Å². The van der Waals surface area contributed by atoms with E-state index in [9.17, 15) is 13.2 Å². The average Bonchev–Trinajstić information content (AvgIpc) is 3.33. The minimum Gasteiger partial charge on any atom is -0.497 e. The molecule has 2 aliphatic rings. The number of nitrogens with zero attached hydrogens (tertiary/aromatic N) is 3. The third-order valence-corrected chi connectivity index (χ3v) is 7.50. The van der Waals surface area contributed by atoms with Gasteiger partial charge in [-0.25, -0.2) is 12.7 Å². The summed E-state index contributed by atoms with van der Waals surface area (Å²) in [7, 11) is -1.75. The van der Waals surface area contributed by atoms with E-state index in [2.05, 4.69) is 15.5 Å². The largest absolute Gasteiger partial charge is 0.497 e. The number of hydrogen-bond acceptors (Lipinski definition) is 7. The van der Waals surface area contributed by atoms with Crippen LogP contribution >= 0.6 is 0 Å². The summed E-state index contributed by atoms with van der Waals surface area (Å²) in [5.41, 5.74) is 0.834. The molecule has 2 aromatic rings. The maximum absolute atomic E-state index is 12.9. The zero-order chi connectivity index (χ0) is 21.7. The zero-order valence-corrected chi connectivity index (χ0v) is 18.3. The molecule has 0 spiro atoms. The standard InChI is InChI=1S/C20H26N4O5S/c1-12-7-16(28-3)5-6-17(12)18(25)22-15-8-14-10-24(30(4,26)27)11-20(14,9-15)19-21-13(2)23-29-19/h5-7,14-15H,8-11H2,1-4H3,(H,22,25)/t14?,15-,20+/m1/s1. The fraction of sp³-hybridized carbons (Fsp3) is 0.550. The molecule has 1 unspecified atom stereocenters. The molecule has 1 aromatic carbocycles. The molecule has 0 radical (unpaired) electrons. The van der Waals surface area contributed by atoms with Gasteiger partial charge in [0.2, 0.25) is 15.9 Å². The quantitative estimate of drug-likeness (QED) is 0.757. The van der Waals surface area contributed by atoms with E-state index in [0.29, 0.717) is 42.4 Å². The number of carbonyl (C=O) groups is 1. The van der Waals surface area contributed by atoms with Gasteiger partial charge in [0.15, 0.2) is 5.82 Å². The van der Waals surface area contributed by atoms with E-state index in [1.54, 1.807) is 26.2 Å². The van der Waals surface area contributed by atoms with Crippen molar-refractivity contribution in [3.05, 3.63) is 41.0 Å². The second-order valence-electron chi connectivity index (χ2n) is 8.35. The molecule has 1 aliphatic heterocycles. The van der Waals surface area contributed by atoms with E-state index >= 15 is 0 Å². The molecular weight excluding hydrogens is 408 g/mol. The number of sulfonamides is 1. The van der Waals surface area contributed by atoms with Crippen LogP contribution in [0.5, 0.6) is 5.75 Å². The van der Waals surface area contributed by atoms with E-state index in [1.807, 2.05) is 13.0 Å². The molecule has 2 fully saturated rings. The first-order chi connectivity index (χ1) is 14.1. The third kappa shape index (κ3) is 3.58. The SMILES string of the molecule is COc1ccc(C(=O)N[C@@H]2CC3CN(S(C)(=O)=O)C[C@@]3(c3nc(C)no3)C2)c(C)c1. The normalized spacial score (nSPS) is 26.5. The van der Waals surface area contributed by atoms with Crippen molar-refractivity contribution >= 4 is 15.9 Å². The first kappa shape index (κ1) is 20.8. The summed E-state index contributed by atoms with van der Waals surface area (Å²) in [5, 5.41) is 7.03. The van der Waals surface area contributed by atoms with E-state index in [-0.39, 0.29) is 24.4 Å². The molecule has 0 bridgehead atoms. The molecule has 1 amide bonds. The van der Waals surface area contributed by atoms with E-state index in [4.69, 9.17) is 9.26 Å². The van der Waals surface area contributed by atoms with Crippen LogP contribution in [0.15, 0.2) is 22.7 Å². The first-order valence-corrected chi connectivity index (χ1v) is 11.7. The van der Waals surface area contributed by atoms with Gasteiger partial charge >= 0.3 is 0 Å². The van der Waals surface area contributed by atoms with E-state index in [1.165, 1.54) is 10.6 Å². The number of aromatic nitrogens is 2. The Morgan fingerprint density at radius 1 is 1.37 bits per heavy atom. The van der Waals surface area contributed by atoms with Gasteiger partial charge in [-0.15, -0.1) is 0 Å². The Morgan fingerprint density at radius 2 is 2.13 bits per heavy atom. The van der Waals surface area contributed by atoms with Crippen molar-refractivity contribution in [3.63, 3.8) is 0 Å². The molecule has 9 nitrogen and oxygen atoms in total. The molecule has 2 heterocycles. The predicted molar refractivity (Wildman–Crippen MR) is 109 cm³/mol. The summed E-state index contributed by atoms with van der Waals surface area (Å²) < 4.78 is 36.5. The fourth-order valence-corrected chi connectivity index (χ4v) is 5.71. The van der Waals surface area contributed by atoms with E-state index in [0.717, 1.165) is 5.56 Å². The molecule has 1 saturated carbocycles. The maximum Gasteiger partial charge on any atom is 0.251 e. The van der Waals surface area contributed by atoms with Crippen LogP contribution in [-0.4, -0.2) is 61.3 Å². The van der Waals surface area contributed by atoms with Gasteiger partial charge in [-0.1, -0.05) is 5.16 Å². The summed E-state index contributed by atoms with van der Waals surface area (Å²) in [6, 6.07) is 5.23. The minimum atomic E-state index is -3.34. The molecule has 30 heavy (non-hydrogen) atoms. The Hall–Kier alpha value is -2.46. The Kier molecular flexibility index (Phi) is 5.09. The highest BCUT2D eigenvalue weighted by Crippen LogP contribution is 2.50. The summed E-state index contributed by atoms with van der Waals surface area (Å²) >= 11 is 0. The average molecular weight is 435 g/mol. The molecule has 1 N–H and O–H groups in total. The predicted octanol–water partition coefficient (Wildman–Crippen LogP) is 1.42. The highest BCUT2D eigenvalue weighted by Gasteiger charge is 2.59. The van der Waals surface area contributed by atoms with E-state index < -0.39 is 15.4 Å². The molecule has 1 saturated heterocycles. The fourth-order valence-electron chi connectivity index (χ4n) is 4.80. The maximum atomic E-state index is 12.9. The minimum absolute atomic E-state index is 0.00524. The van der Waals surface area contributed by atoms with Crippen LogP contribution in [0, 0.1) is 19.8 Å². The van der Waals surface area contributed by atoms with Crippen molar-refractivity contribution in [1.82, 2.24) is 19.8 Å². The van der Waals surface area contributed by atoms with Gasteiger partial charge in [-0.2, -0.15) is 4.98 Å². The number of aryl methyl sites for hydroxylation is 2. The summed E-state index contributed by atoms with van der Waals surface area (Å²) in [6.45, 7) is 4.27. The Bertz CT molecular complexity index is 1080. The molecule has 1 aliphatic carbocycles. The lowest BCUT2D eigenvalue weighted by Gasteiger charge is -2.25. The lowest BCUT2D eigenvalue weighted by Crippen LogP contribution is -2.39. The van der Waals surface area contributed by atoms with Crippen LogP contribution in [0.1, 0.15) is 40.5 Å². The van der Waals surface area contributed by atoms with Gasteiger partial charge in [0.05, 0.1) is 18.8 Å². The zero-order valence-electron chi connectivity index (χ0n) is 17.5. The Morgan fingerprint density at radius 3 is 2.73 bits per heavy atom. The van der Waals surface area contributed by atoms with Crippen molar-refractivity contribution < 1.29 is 22.5 Å². The number of carbonyl (C=O) groups excluding carboxylic acids is 1. The van der Waals surface area contributed by atoms with Crippen LogP contribution in [0.3, 0.4) is 0 Å². The van der Waals surface area contributed by atoms with Gasteiger partial charge in [-0.3, -0.25) is 4.79 Å². The number of hydrogen-bond donors (Lipinski definition) is 1. The third-order valence-electron chi connectivity index (χ3n) is 6.28. The van der Waals surface area contributed by atoms with Crippen LogP contribution in [0.25, 0.3) is 0 Å².